The summed E-state index contributed by atoms with van der Waals surface area (Å²) in [5.74, 6) is 1.15. The highest BCUT2D eigenvalue weighted by atomic mass is 32.1. The Morgan fingerprint density at radius 2 is 1.60 bits per heavy atom. The topological polar surface area (TPSA) is 113 Å². The quantitative estimate of drug-likeness (QED) is 0.185. The van der Waals surface area contributed by atoms with Crippen LogP contribution in [0.4, 0.5) is 0 Å². The maximum absolute atomic E-state index is 9.08. The van der Waals surface area contributed by atoms with Gasteiger partial charge in [-0.1, -0.05) is 19.1 Å². The van der Waals surface area contributed by atoms with Gasteiger partial charge in [-0.25, -0.2) is 0 Å². The van der Waals surface area contributed by atoms with E-state index in [-0.39, 0.29) is 11.1 Å². The van der Waals surface area contributed by atoms with Crippen LogP contribution in [0.15, 0.2) is 64.1 Å². The highest BCUT2D eigenvalue weighted by molar-refractivity contribution is 7.35. The Morgan fingerprint density at radius 1 is 0.825 bits per heavy atom. The molecule has 0 saturated carbocycles. The molecule has 0 aliphatic heterocycles. The number of furan rings is 1. The molecule has 5 aromatic heterocycles. The molecule has 0 saturated heterocycles. The summed E-state index contributed by atoms with van der Waals surface area (Å²) in [6.45, 7) is 3.05. The number of fused-ring (bicyclic) bond motifs is 5. The molecule has 6 aromatic rings. The van der Waals surface area contributed by atoms with E-state index >= 15 is 0 Å². The summed E-state index contributed by atoms with van der Waals surface area (Å²) >= 11 is 5.15. The van der Waals surface area contributed by atoms with Gasteiger partial charge in [-0.3, -0.25) is 0 Å². The van der Waals surface area contributed by atoms with E-state index in [0.29, 0.717) is 11.5 Å². The van der Waals surface area contributed by atoms with Gasteiger partial charge in [0, 0.05) is 42.9 Å². The minimum absolute atomic E-state index is 0.00271. The first kappa shape index (κ1) is 25.4. The Hall–Kier alpha value is -4.90. The van der Waals surface area contributed by atoms with Crippen LogP contribution in [0.5, 0.6) is 0 Å². The van der Waals surface area contributed by atoms with Crippen molar-refractivity contribution in [3.8, 4) is 45.4 Å². The SMILES string of the molecule is CCCn1c2cc(-c3ccc(C=C(C#N)C#N)o3)ccc2c2sc3cc(-c4ccc(C=C(C#N)C#N)s4)sc3c21. The number of aryl methyl sites for hydroxylation is 1. The van der Waals surface area contributed by atoms with Crippen LogP contribution in [0, 0.1) is 45.3 Å². The molecule has 0 bridgehead atoms. The van der Waals surface area contributed by atoms with E-state index in [1.165, 1.54) is 36.0 Å². The van der Waals surface area contributed by atoms with Gasteiger partial charge in [0.05, 0.1) is 20.4 Å². The van der Waals surface area contributed by atoms with Crippen LogP contribution in [0.25, 0.3) is 63.7 Å². The Balaban J connectivity index is 1.45. The fourth-order valence-corrected chi connectivity index (χ4v) is 8.43. The number of benzene rings is 1. The first-order chi connectivity index (χ1) is 19.6. The zero-order chi connectivity index (χ0) is 27.8. The third-order valence-electron chi connectivity index (χ3n) is 6.43. The molecule has 0 aliphatic rings. The number of rotatable bonds is 6. The Labute approximate surface area is 241 Å². The van der Waals surface area contributed by atoms with Crippen molar-refractivity contribution < 1.29 is 4.42 Å². The number of hydrogen-bond donors (Lipinski definition) is 0. The summed E-state index contributed by atoms with van der Waals surface area (Å²) in [6.07, 6.45) is 4.06. The van der Waals surface area contributed by atoms with Crippen LogP contribution in [0.1, 0.15) is 24.0 Å². The van der Waals surface area contributed by atoms with Gasteiger partial charge < -0.3 is 8.98 Å². The molecule has 0 radical (unpaired) electrons. The molecule has 0 aliphatic carbocycles. The summed E-state index contributed by atoms with van der Waals surface area (Å²) in [7, 11) is 0. The maximum atomic E-state index is 9.08. The van der Waals surface area contributed by atoms with Crippen LogP contribution in [0.3, 0.4) is 0 Å². The normalized spacial score (nSPS) is 10.7. The van der Waals surface area contributed by atoms with Crippen LogP contribution in [-0.2, 0) is 6.54 Å². The average Bonchev–Trinajstić information content (AvgIpc) is 3.79. The highest BCUT2D eigenvalue weighted by Gasteiger charge is 2.20. The van der Waals surface area contributed by atoms with Gasteiger partial charge in [0.1, 0.15) is 46.9 Å². The van der Waals surface area contributed by atoms with Gasteiger partial charge in [0.2, 0.25) is 0 Å². The number of nitriles is 4. The maximum Gasteiger partial charge on any atom is 0.134 e. The summed E-state index contributed by atoms with van der Waals surface area (Å²) in [4.78, 5) is 3.17. The monoisotopic (exact) mass is 571 g/mol. The smallest absolute Gasteiger partial charge is 0.134 e. The zero-order valence-electron chi connectivity index (χ0n) is 21.1. The van der Waals surface area contributed by atoms with Crippen molar-refractivity contribution in [3.05, 3.63) is 70.3 Å². The molecule has 0 spiro atoms. The molecule has 0 unspecified atom stereocenters. The van der Waals surface area contributed by atoms with E-state index in [1.54, 1.807) is 46.2 Å². The predicted molar refractivity (Wildman–Crippen MR) is 162 cm³/mol. The third kappa shape index (κ3) is 4.30. The summed E-state index contributed by atoms with van der Waals surface area (Å²) in [5, 5.41) is 37.5. The second kappa shape index (κ2) is 10.3. The van der Waals surface area contributed by atoms with E-state index < -0.39 is 0 Å². The molecule has 0 fully saturated rings. The number of thiophene rings is 3. The molecule has 1 aromatic carbocycles. The lowest BCUT2D eigenvalue weighted by atomic mass is 10.1. The van der Waals surface area contributed by atoms with E-state index in [1.807, 2.05) is 42.5 Å². The molecule has 5 heterocycles. The zero-order valence-corrected chi connectivity index (χ0v) is 23.5. The van der Waals surface area contributed by atoms with E-state index in [2.05, 4.69) is 35.8 Å². The molecule has 0 atom stereocenters. The van der Waals surface area contributed by atoms with Crippen LogP contribution < -0.4 is 0 Å². The van der Waals surface area contributed by atoms with Gasteiger partial charge in [-0.15, -0.1) is 34.0 Å². The number of allylic oxidation sites excluding steroid dienone is 2. The fraction of sp³-hybridized carbons (Fsp3) is 0.0968. The first-order valence-electron chi connectivity index (χ1n) is 12.3. The van der Waals surface area contributed by atoms with Crippen LogP contribution in [0.2, 0.25) is 0 Å². The Morgan fingerprint density at radius 3 is 2.35 bits per heavy atom. The second-order valence-electron chi connectivity index (χ2n) is 8.93. The molecule has 40 heavy (non-hydrogen) atoms. The van der Waals surface area contributed by atoms with Crippen LogP contribution in [-0.4, -0.2) is 4.57 Å². The highest BCUT2D eigenvalue weighted by Crippen LogP contribution is 2.48. The van der Waals surface area contributed by atoms with Gasteiger partial charge in [-0.2, -0.15) is 21.0 Å². The minimum Gasteiger partial charge on any atom is -0.457 e. The summed E-state index contributed by atoms with van der Waals surface area (Å²) < 4.78 is 12.1. The van der Waals surface area contributed by atoms with Gasteiger partial charge >= 0.3 is 0 Å². The van der Waals surface area contributed by atoms with Gasteiger partial charge in [0.15, 0.2) is 0 Å². The number of aromatic nitrogens is 1. The summed E-state index contributed by atoms with van der Waals surface area (Å²) in [6, 6.07) is 23.8. The molecule has 9 heteroatoms. The van der Waals surface area contributed by atoms with E-state index in [9.17, 15) is 0 Å². The Kier molecular flexibility index (Phi) is 6.56. The largest absolute Gasteiger partial charge is 0.457 e. The second-order valence-corrected chi connectivity index (χ2v) is 12.2. The average molecular weight is 572 g/mol. The number of hydrogen-bond acceptors (Lipinski definition) is 8. The van der Waals surface area contributed by atoms with Crippen LogP contribution >= 0.6 is 34.0 Å². The molecule has 190 valence electrons. The fourth-order valence-electron chi connectivity index (χ4n) is 4.71. The van der Waals surface area contributed by atoms with Crippen molar-refractivity contribution in [1.82, 2.24) is 4.57 Å². The van der Waals surface area contributed by atoms with Crippen molar-refractivity contribution in [1.29, 1.82) is 21.0 Å². The Bertz CT molecular complexity index is 2150. The first-order valence-corrected chi connectivity index (χ1v) is 14.7. The molecular formula is C31H17N5OS3. The lowest BCUT2D eigenvalue weighted by Gasteiger charge is -2.06. The lowest BCUT2D eigenvalue weighted by molar-refractivity contribution is 0.571. The molecular weight excluding hydrogens is 555 g/mol. The van der Waals surface area contributed by atoms with E-state index in [4.69, 9.17) is 25.5 Å². The van der Waals surface area contributed by atoms with E-state index in [0.717, 1.165) is 33.8 Å². The number of nitrogens with zero attached hydrogens (tertiary/aromatic N) is 5. The lowest BCUT2D eigenvalue weighted by Crippen LogP contribution is -1.95. The molecule has 6 nitrogen and oxygen atoms in total. The molecule has 0 amide bonds. The van der Waals surface area contributed by atoms with Crippen molar-refractivity contribution in [2.45, 2.75) is 19.9 Å². The molecule has 0 N–H and O–H groups in total. The van der Waals surface area contributed by atoms with Crippen molar-refractivity contribution in [3.63, 3.8) is 0 Å². The van der Waals surface area contributed by atoms with Crippen molar-refractivity contribution in [2.75, 3.05) is 0 Å². The minimum atomic E-state index is -0.00271. The summed E-state index contributed by atoms with van der Waals surface area (Å²) in [5.41, 5.74) is 3.42. The third-order valence-corrected chi connectivity index (χ3v) is 10.1. The molecule has 6 rings (SSSR count). The van der Waals surface area contributed by atoms with Gasteiger partial charge in [0.25, 0.3) is 0 Å². The van der Waals surface area contributed by atoms with Crippen molar-refractivity contribution in [2.24, 2.45) is 0 Å². The van der Waals surface area contributed by atoms with Gasteiger partial charge in [-0.05, 0) is 48.9 Å². The van der Waals surface area contributed by atoms with Crippen molar-refractivity contribution >= 4 is 76.7 Å². The predicted octanol–water partition coefficient (Wildman–Crippen LogP) is 9.33. The standard InChI is InChI=1S/C31H17N5OS3/c1-2-9-36-24-12-20(25-7-4-21(37-25)10-18(14-32)15-33)3-6-23(24)30-29(36)31-28(40-30)13-27(39-31)26-8-5-22(38-26)11-19(16-34)17-35/h3-8,10-13H,2,9H2,1H3.